The molecule has 1 fully saturated rings. The van der Waals surface area contributed by atoms with E-state index < -0.39 is 0 Å². The largest absolute Gasteiger partial charge is 0.490 e. The molecular formula is C25H31N3O4S. The number of para-hydroxylation sites is 1. The highest BCUT2D eigenvalue weighted by atomic mass is 32.1. The Bertz CT molecular complexity index is 1030. The number of anilines is 1. The van der Waals surface area contributed by atoms with Crippen LogP contribution in [0.2, 0.25) is 0 Å². The van der Waals surface area contributed by atoms with Gasteiger partial charge < -0.3 is 14.2 Å². The van der Waals surface area contributed by atoms with Crippen molar-refractivity contribution in [2.24, 2.45) is 0 Å². The van der Waals surface area contributed by atoms with Crippen molar-refractivity contribution < 1.29 is 19.0 Å². The lowest BCUT2D eigenvalue weighted by Gasteiger charge is -2.27. The summed E-state index contributed by atoms with van der Waals surface area (Å²) in [4.78, 5) is 22.6. The van der Waals surface area contributed by atoms with E-state index in [2.05, 4.69) is 4.90 Å². The molecule has 1 aromatic heterocycles. The molecule has 7 nitrogen and oxygen atoms in total. The maximum Gasteiger partial charge on any atom is 0.260 e. The van der Waals surface area contributed by atoms with Gasteiger partial charge >= 0.3 is 0 Å². The van der Waals surface area contributed by atoms with E-state index in [4.69, 9.17) is 19.2 Å². The summed E-state index contributed by atoms with van der Waals surface area (Å²) < 4.78 is 17.9. The molecule has 2 aromatic carbocycles. The average Bonchev–Trinajstić information content (AvgIpc) is 3.27. The van der Waals surface area contributed by atoms with Crippen LogP contribution >= 0.6 is 11.3 Å². The summed E-state index contributed by atoms with van der Waals surface area (Å²) in [5.74, 6) is 1.15. The lowest BCUT2D eigenvalue weighted by atomic mass is 10.1. The summed E-state index contributed by atoms with van der Waals surface area (Å²) in [6, 6.07) is 13.4. The molecular weight excluding hydrogens is 438 g/mol. The molecule has 3 aromatic rings. The number of morpholine rings is 1. The Morgan fingerprint density at radius 2 is 1.85 bits per heavy atom. The molecule has 1 saturated heterocycles. The predicted octanol–water partition coefficient (Wildman–Crippen LogP) is 4.46. The van der Waals surface area contributed by atoms with Gasteiger partial charge in [0.05, 0.1) is 36.6 Å². The van der Waals surface area contributed by atoms with Crippen LogP contribution in [0.5, 0.6) is 11.5 Å². The van der Waals surface area contributed by atoms with Gasteiger partial charge in [-0.25, -0.2) is 4.98 Å². The van der Waals surface area contributed by atoms with Crippen LogP contribution in [0.3, 0.4) is 0 Å². The number of nitrogens with zero attached hydrogens (tertiary/aromatic N) is 3. The molecule has 2 heterocycles. The minimum Gasteiger partial charge on any atom is -0.490 e. The van der Waals surface area contributed by atoms with Gasteiger partial charge in [-0.15, -0.1) is 0 Å². The number of fused-ring (bicyclic) bond motifs is 1. The van der Waals surface area contributed by atoms with E-state index in [0.717, 1.165) is 54.6 Å². The fourth-order valence-corrected chi connectivity index (χ4v) is 4.87. The normalized spacial score (nSPS) is 14.4. The molecule has 0 radical (unpaired) electrons. The molecule has 0 N–H and O–H groups in total. The molecule has 1 aliphatic rings. The predicted molar refractivity (Wildman–Crippen MR) is 132 cm³/mol. The first-order chi connectivity index (χ1) is 16.2. The van der Waals surface area contributed by atoms with Crippen molar-refractivity contribution in [1.29, 1.82) is 0 Å². The van der Waals surface area contributed by atoms with Gasteiger partial charge in [0.2, 0.25) is 0 Å². The van der Waals surface area contributed by atoms with Crippen molar-refractivity contribution in [2.75, 3.05) is 57.5 Å². The molecule has 0 unspecified atom stereocenters. The molecule has 176 valence electrons. The first kappa shape index (κ1) is 23.5. The monoisotopic (exact) mass is 469 g/mol. The van der Waals surface area contributed by atoms with Crippen molar-refractivity contribution in [1.82, 2.24) is 9.88 Å². The lowest BCUT2D eigenvalue weighted by molar-refractivity contribution is 0.0376. The van der Waals surface area contributed by atoms with E-state index in [1.165, 1.54) is 0 Å². The highest BCUT2D eigenvalue weighted by molar-refractivity contribution is 7.22. The van der Waals surface area contributed by atoms with E-state index in [1.807, 2.05) is 44.2 Å². The van der Waals surface area contributed by atoms with Crippen molar-refractivity contribution in [3.05, 3.63) is 48.0 Å². The molecule has 1 aliphatic heterocycles. The minimum atomic E-state index is -0.0833. The van der Waals surface area contributed by atoms with Crippen LogP contribution < -0.4 is 14.4 Å². The maximum absolute atomic E-state index is 13.7. The first-order valence-electron chi connectivity index (χ1n) is 11.6. The van der Waals surface area contributed by atoms with Crippen LogP contribution in [0.4, 0.5) is 5.13 Å². The van der Waals surface area contributed by atoms with Gasteiger partial charge in [-0.3, -0.25) is 14.6 Å². The molecule has 0 atom stereocenters. The Morgan fingerprint density at radius 3 is 2.61 bits per heavy atom. The number of ether oxygens (including phenoxy) is 3. The fraction of sp³-hybridized carbons (Fsp3) is 0.440. The van der Waals surface area contributed by atoms with E-state index >= 15 is 0 Å². The second-order valence-electron chi connectivity index (χ2n) is 7.76. The third-order valence-corrected chi connectivity index (χ3v) is 6.57. The number of hydrogen-bond acceptors (Lipinski definition) is 7. The summed E-state index contributed by atoms with van der Waals surface area (Å²) in [7, 11) is 0. The molecule has 0 saturated carbocycles. The molecule has 1 amide bonds. The first-order valence-corrected chi connectivity index (χ1v) is 12.4. The third-order valence-electron chi connectivity index (χ3n) is 5.51. The Balaban J connectivity index is 1.58. The minimum absolute atomic E-state index is 0.0833. The summed E-state index contributed by atoms with van der Waals surface area (Å²) in [6.45, 7) is 9.81. The fourth-order valence-electron chi connectivity index (χ4n) is 3.88. The number of aromatic nitrogens is 1. The number of carbonyl (C=O) groups excluding carboxylic acids is 1. The maximum atomic E-state index is 13.7. The van der Waals surface area contributed by atoms with Crippen molar-refractivity contribution in [3.8, 4) is 11.5 Å². The van der Waals surface area contributed by atoms with E-state index in [-0.39, 0.29) is 5.91 Å². The number of rotatable bonds is 10. The number of benzene rings is 2. The summed E-state index contributed by atoms with van der Waals surface area (Å²) >= 11 is 1.54. The molecule has 4 rings (SSSR count). The second-order valence-corrected chi connectivity index (χ2v) is 8.77. The number of thiazole rings is 1. The van der Waals surface area contributed by atoms with E-state index in [9.17, 15) is 4.79 Å². The Labute approximate surface area is 198 Å². The van der Waals surface area contributed by atoms with E-state index in [1.54, 1.807) is 28.4 Å². The van der Waals surface area contributed by atoms with Gasteiger partial charge in [-0.05, 0) is 50.6 Å². The summed E-state index contributed by atoms with van der Waals surface area (Å²) in [6.07, 6.45) is 0.858. The van der Waals surface area contributed by atoms with Gasteiger partial charge in [-0.2, -0.15) is 0 Å². The van der Waals surface area contributed by atoms with Gasteiger partial charge in [0.1, 0.15) is 0 Å². The Hall–Kier alpha value is -2.68. The lowest BCUT2D eigenvalue weighted by Crippen LogP contribution is -2.39. The zero-order valence-electron chi connectivity index (χ0n) is 19.3. The number of amides is 1. The van der Waals surface area contributed by atoms with Crippen LogP contribution in [0.15, 0.2) is 42.5 Å². The van der Waals surface area contributed by atoms with E-state index in [0.29, 0.717) is 36.8 Å². The SMILES string of the molecule is CCOc1ccc(C(=O)N(CCCN2CCOCC2)c2nc3ccccc3s2)cc1OCC. The standard InChI is InChI=1S/C25H31N3O4S/c1-3-31-21-11-10-19(18-22(21)32-4-2)24(29)28(13-7-12-27-14-16-30-17-15-27)25-26-20-8-5-6-9-23(20)33-25/h5-6,8-11,18H,3-4,7,12-17H2,1-2H3. The Morgan fingerprint density at radius 1 is 1.09 bits per heavy atom. The van der Waals surface area contributed by atoms with Gasteiger partial charge in [0.15, 0.2) is 16.6 Å². The van der Waals surface area contributed by atoms with Crippen LogP contribution in [-0.4, -0.2) is 68.4 Å². The molecule has 33 heavy (non-hydrogen) atoms. The van der Waals surface area contributed by atoms with Gasteiger partial charge in [0.25, 0.3) is 5.91 Å². The topological polar surface area (TPSA) is 64.1 Å². The molecule has 0 spiro atoms. The zero-order valence-corrected chi connectivity index (χ0v) is 20.1. The van der Waals surface area contributed by atoms with Crippen LogP contribution in [0.1, 0.15) is 30.6 Å². The van der Waals surface area contributed by atoms with Gasteiger partial charge in [-0.1, -0.05) is 23.5 Å². The van der Waals surface area contributed by atoms with Crippen LogP contribution in [0, 0.1) is 0 Å². The van der Waals surface area contributed by atoms with Crippen LogP contribution in [-0.2, 0) is 4.74 Å². The molecule has 8 heteroatoms. The highest BCUT2D eigenvalue weighted by Crippen LogP contribution is 2.32. The van der Waals surface area contributed by atoms with Crippen molar-refractivity contribution >= 4 is 32.6 Å². The molecule has 0 aliphatic carbocycles. The zero-order chi connectivity index (χ0) is 23.0. The second kappa shape index (κ2) is 11.4. The quantitative estimate of drug-likeness (QED) is 0.437. The molecule has 0 bridgehead atoms. The Kier molecular flexibility index (Phi) is 8.15. The summed E-state index contributed by atoms with van der Waals surface area (Å²) in [5.41, 5.74) is 1.47. The number of hydrogen-bond donors (Lipinski definition) is 0. The average molecular weight is 470 g/mol. The summed E-state index contributed by atoms with van der Waals surface area (Å²) in [5, 5.41) is 0.718. The van der Waals surface area contributed by atoms with Crippen LogP contribution in [0.25, 0.3) is 10.2 Å². The van der Waals surface area contributed by atoms with Crippen molar-refractivity contribution in [2.45, 2.75) is 20.3 Å². The number of carbonyl (C=O) groups is 1. The van der Waals surface area contributed by atoms with Gasteiger partial charge in [0, 0.05) is 31.7 Å². The highest BCUT2D eigenvalue weighted by Gasteiger charge is 2.23. The third kappa shape index (κ3) is 5.82. The smallest absolute Gasteiger partial charge is 0.260 e. The van der Waals surface area contributed by atoms with Crippen molar-refractivity contribution in [3.63, 3.8) is 0 Å².